The third-order valence-corrected chi connectivity index (χ3v) is 2.88. The predicted molar refractivity (Wildman–Crippen MR) is 78.3 cm³/mol. The van der Waals surface area contributed by atoms with Gasteiger partial charge in [-0.1, -0.05) is 6.07 Å². The molecule has 0 radical (unpaired) electrons. The molecule has 2 heterocycles. The van der Waals surface area contributed by atoms with Crippen molar-refractivity contribution in [2.24, 2.45) is 0 Å². The second kappa shape index (κ2) is 4.97. The van der Waals surface area contributed by atoms with Gasteiger partial charge in [0, 0.05) is 29.2 Å². The number of nitrogens with zero attached hydrogens (tertiary/aromatic N) is 2. The van der Waals surface area contributed by atoms with Crippen molar-refractivity contribution in [3.8, 4) is 0 Å². The predicted octanol–water partition coefficient (Wildman–Crippen LogP) is 2.46. The monoisotopic (exact) mass is 264 g/mol. The van der Waals surface area contributed by atoms with Gasteiger partial charge in [0.1, 0.15) is 5.69 Å². The molecule has 1 amide bonds. The van der Waals surface area contributed by atoms with E-state index in [2.05, 4.69) is 15.3 Å². The highest BCUT2D eigenvalue weighted by atomic mass is 16.1. The van der Waals surface area contributed by atoms with Crippen LogP contribution in [0.15, 0.2) is 54.9 Å². The zero-order valence-corrected chi connectivity index (χ0v) is 10.6. The summed E-state index contributed by atoms with van der Waals surface area (Å²) in [5, 5.41) is 3.76. The number of aromatic nitrogens is 2. The number of anilines is 2. The van der Waals surface area contributed by atoms with E-state index in [-0.39, 0.29) is 11.6 Å². The number of hydrogen-bond acceptors (Lipinski definition) is 4. The van der Waals surface area contributed by atoms with Crippen LogP contribution in [-0.4, -0.2) is 15.9 Å². The summed E-state index contributed by atoms with van der Waals surface area (Å²) >= 11 is 0. The Hall–Kier alpha value is -2.95. The van der Waals surface area contributed by atoms with E-state index in [4.69, 9.17) is 5.73 Å². The quantitative estimate of drug-likeness (QED) is 0.745. The number of nitrogen functional groups attached to an aromatic ring is 1. The lowest BCUT2D eigenvalue weighted by molar-refractivity contribution is 0.102. The first-order valence-corrected chi connectivity index (χ1v) is 6.10. The minimum absolute atomic E-state index is 0.288. The molecule has 2 aromatic heterocycles. The van der Waals surface area contributed by atoms with Crippen LogP contribution in [0.5, 0.6) is 0 Å². The SMILES string of the molecule is Nc1ccnc(C(=O)Nc2ccc3ncccc3c2)c1. The molecule has 0 unspecified atom stereocenters. The minimum atomic E-state index is -0.291. The van der Waals surface area contributed by atoms with Crippen LogP contribution < -0.4 is 11.1 Å². The van der Waals surface area contributed by atoms with E-state index < -0.39 is 0 Å². The summed E-state index contributed by atoms with van der Waals surface area (Å²) in [7, 11) is 0. The van der Waals surface area contributed by atoms with E-state index in [0.29, 0.717) is 11.4 Å². The molecule has 0 spiro atoms. The molecule has 5 heteroatoms. The normalized spacial score (nSPS) is 10.4. The van der Waals surface area contributed by atoms with Crippen molar-refractivity contribution in [1.82, 2.24) is 9.97 Å². The van der Waals surface area contributed by atoms with Crippen molar-refractivity contribution in [3.63, 3.8) is 0 Å². The largest absolute Gasteiger partial charge is 0.399 e. The van der Waals surface area contributed by atoms with E-state index >= 15 is 0 Å². The zero-order valence-electron chi connectivity index (χ0n) is 10.6. The number of pyridine rings is 2. The van der Waals surface area contributed by atoms with Gasteiger partial charge >= 0.3 is 0 Å². The molecule has 0 aliphatic carbocycles. The van der Waals surface area contributed by atoms with E-state index in [9.17, 15) is 4.79 Å². The molecule has 3 aromatic rings. The summed E-state index contributed by atoms with van der Waals surface area (Å²) in [6.45, 7) is 0. The fourth-order valence-electron chi connectivity index (χ4n) is 1.92. The topological polar surface area (TPSA) is 80.9 Å². The average molecular weight is 264 g/mol. The molecule has 3 N–H and O–H groups in total. The second-order valence-corrected chi connectivity index (χ2v) is 4.34. The van der Waals surface area contributed by atoms with E-state index in [0.717, 1.165) is 10.9 Å². The molecule has 0 saturated heterocycles. The van der Waals surface area contributed by atoms with Crippen LogP contribution in [0.25, 0.3) is 10.9 Å². The molecule has 1 aromatic carbocycles. The van der Waals surface area contributed by atoms with Gasteiger partial charge in [-0.3, -0.25) is 14.8 Å². The number of hydrogen-bond donors (Lipinski definition) is 2. The summed E-state index contributed by atoms with van der Waals surface area (Å²) < 4.78 is 0. The van der Waals surface area contributed by atoms with Crippen molar-refractivity contribution >= 4 is 28.2 Å². The summed E-state index contributed by atoms with van der Waals surface area (Å²) in [6, 6.07) is 12.5. The van der Waals surface area contributed by atoms with Crippen molar-refractivity contribution in [2.45, 2.75) is 0 Å². The Morgan fingerprint density at radius 2 is 1.95 bits per heavy atom. The van der Waals surface area contributed by atoms with Crippen LogP contribution in [0.2, 0.25) is 0 Å². The fourth-order valence-corrected chi connectivity index (χ4v) is 1.92. The molecule has 0 saturated carbocycles. The van der Waals surface area contributed by atoms with E-state index in [1.165, 1.54) is 12.3 Å². The Kier molecular flexibility index (Phi) is 3.01. The van der Waals surface area contributed by atoms with Crippen LogP contribution in [0.1, 0.15) is 10.5 Å². The van der Waals surface area contributed by atoms with Gasteiger partial charge in [0.25, 0.3) is 5.91 Å². The van der Waals surface area contributed by atoms with Gasteiger partial charge in [-0.25, -0.2) is 0 Å². The van der Waals surface area contributed by atoms with E-state index in [1.54, 1.807) is 18.3 Å². The number of amides is 1. The van der Waals surface area contributed by atoms with Gasteiger partial charge in [0.15, 0.2) is 0 Å². The molecule has 5 nitrogen and oxygen atoms in total. The summed E-state index contributed by atoms with van der Waals surface area (Å²) in [6.07, 6.45) is 3.24. The summed E-state index contributed by atoms with van der Waals surface area (Å²) in [5.74, 6) is -0.291. The molecule has 0 bridgehead atoms. The Morgan fingerprint density at radius 1 is 1.05 bits per heavy atom. The minimum Gasteiger partial charge on any atom is -0.399 e. The Bertz CT molecular complexity index is 785. The molecular formula is C15H12N4O. The molecule has 0 atom stereocenters. The highest BCUT2D eigenvalue weighted by Crippen LogP contribution is 2.17. The molecule has 98 valence electrons. The highest BCUT2D eigenvalue weighted by Gasteiger charge is 2.08. The second-order valence-electron chi connectivity index (χ2n) is 4.34. The number of carbonyl (C=O) groups excluding carboxylic acids is 1. The lowest BCUT2D eigenvalue weighted by atomic mass is 10.2. The number of fused-ring (bicyclic) bond motifs is 1. The van der Waals surface area contributed by atoms with Crippen molar-refractivity contribution in [1.29, 1.82) is 0 Å². The van der Waals surface area contributed by atoms with Gasteiger partial charge in [-0.15, -0.1) is 0 Å². The Labute approximate surface area is 115 Å². The number of carbonyl (C=O) groups is 1. The van der Waals surface area contributed by atoms with Crippen LogP contribution in [-0.2, 0) is 0 Å². The first-order chi connectivity index (χ1) is 9.72. The van der Waals surface area contributed by atoms with Gasteiger partial charge in [0.2, 0.25) is 0 Å². The average Bonchev–Trinajstić information content (AvgIpc) is 2.47. The maximum absolute atomic E-state index is 12.1. The fraction of sp³-hybridized carbons (Fsp3) is 0. The Morgan fingerprint density at radius 3 is 2.80 bits per heavy atom. The van der Waals surface area contributed by atoms with Crippen molar-refractivity contribution < 1.29 is 4.79 Å². The molecule has 0 fully saturated rings. The first kappa shape index (κ1) is 12.1. The van der Waals surface area contributed by atoms with Crippen LogP contribution in [0, 0.1) is 0 Å². The first-order valence-electron chi connectivity index (χ1n) is 6.10. The van der Waals surface area contributed by atoms with Gasteiger partial charge in [-0.2, -0.15) is 0 Å². The molecular weight excluding hydrogens is 252 g/mol. The summed E-state index contributed by atoms with van der Waals surface area (Å²) in [4.78, 5) is 20.3. The van der Waals surface area contributed by atoms with Crippen LogP contribution in [0.4, 0.5) is 11.4 Å². The lowest BCUT2D eigenvalue weighted by Crippen LogP contribution is -2.13. The highest BCUT2D eigenvalue weighted by molar-refractivity contribution is 6.04. The number of nitrogens with two attached hydrogens (primary N) is 1. The standard InChI is InChI=1S/C15H12N4O/c16-11-5-7-18-14(9-11)15(20)19-12-3-4-13-10(8-12)2-1-6-17-13/h1-9H,(H2,16,18)(H,19,20). The third kappa shape index (κ3) is 2.42. The zero-order chi connectivity index (χ0) is 13.9. The number of rotatable bonds is 2. The number of nitrogens with one attached hydrogen (secondary N) is 1. The lowest BCUT2D eigenvalue weighted by Gasteiger charge is -2.06. The molecule has 20 heavy (non-hydrogen) atoms. The molecule has 0 aliphatic rings. The molecule has 0 aliphatic heterocycles. The van der Waals surface area contributed by atoms with E-state index in [1.807, 2.05) is 24.3 Å². The van der Waals surface area contributed by atoms with Crippen LogP contribution >= 0.6 is 0 Å². The summed E-state index contributed by atoms with van der Waals surface area (Å²) in [5.41, 5.74) is 8.01. The van der Waals surface area contributed by atoms with Crippen molar-refractivity contribution in [3.05, 3.63) is 60.6 Å². The maximum Gasteiger partial charge on any atom is 0.274 e. The van der Waals surface area contributed by atoms with Gasteiger partial charge < -0.3 is 11.1 Å². The van der Waals surface area contributed by atoms with Crippen molar-refractivity contribution in [2.75, 3.05) is 11.1 Å². The number of benzene rings is 1. The molecule has 3 rings (SSSR count). The third-order valence-electron chi connectivity index (χ3n) is 2.88. The smallest absolute Gasteiger partial charge is 0.274 e. The van der Waals surface area contributed by atoms with Gasteiger partial charge in [0.05, 0.1) is 5.52 Å². The van der Waals surface area contributed by atoms with Gasteiger partial charge in [-0.05, 0) is 36.4 Å². The van der Waals surface area contributed by atoms with Crippen LogP contribution in [0.3, 0.4) is 0 Å². The maximum atomic E-state index is 12.1. The Balaban J connectivity index is 1.87.